The van der Waals surface area contributed by atoms with Gasteiger partial charge in [0, 0.05) is 33.2 Å². The van der Waals surface area contributed by atoms with Crippen molar-refractivity contribution in [2.75, 3.05) is 39.8 Å². The lowest BCUT2D eigenvalue weighted by Crippen LogP contribution is -2.40. The van der Waals surface area contributed by atoms with E-state index in [-0.39, 0.29) is 17.3 Å². The third kappa shape index (κ3) is 5.90. The van der Waals surface area contributed by atoms with Crippen molar-refractivity contribution in [2.45, 2.75) is 31.7 Å². The molecule has 1 heterocycles. The zero-order valence-corrected chi connectivity index (χ0v) is 19.2. The van der Waals surface area contributed by atoms with E-state index < -0.39 is 15.8 Å². The third-order valence-corrected chi connectivity index (χ3v) is 7.60. The highest BCUT2D eigenvalue weighted by atomic mass is 32.2. The highest BCUT2D eigenvalue weighted by Gasteiger charge is 2.27. The summed E-state index contributed by atoms with van der Waals surface area (Å²) in [5, 5.41) is 0. The highest BCUT2D eigenvalue weighted by molar-refractivity contribution is 7.89. The largest absolute Gasteiger partial charge is 0.340 e. The second kappa shape index (κ2) is 9.89. The number of rotatable bonds is 6. The van der Waals surface area contributed by atoms with Gasteiger partial charge in [0.15, 0.2) is 0 Å². The van der Waals surface area contributed by atoms with Gasteiger partial charge in [-0.05, 0) is 62.2 Å². The Hall–Kier alpha value is -2.29. The molecular formula is C23H30FN3O3S. The van der Waals surface area contributed by atoms with Crippen molar-refractivity contribution in [1.29, 1.82) is 0 Å². The maximum atomic E-state index is 13.1. The molecule has 0 aliphatic carbocycles. The van der Waals surface area contributed by atoms with Gasteiger partial charge in [0.2, 0.25) is 15.9 Å². The van der Waals surface area contributed by atoms with E-state index in [1.807, 2.05) is 24.8 Å². The Morgan fingerprint density at radius 1 is 1.03 bits per heavy atom. The second-order valence-corrected chi connectivity index (χ2v) is 10.1. The molecule has 168 valence electrons. The number of halogens is 1. The van der Waals surface area contributed by atoms with Crippen LogP contribution in [0.25, 0.3) is 0 Å². The van der Waals surface area contributed by atoms with Crippen LogP contribution in [0.4, 0.5) is 4.39 Å². The highest BCUT2D eigenvalue weighted by Crippen LogP contribution is 2.18. The Balaban J connectivity index is 1.57. The molecule has 0 bridgehead atoms. The van der Waals surface area contributed by atoms with Crippen LogP contribution in [0.15, 0.2) is 47.4 Å². The summed E-state index contributed by atoms with van der Waals surface area (Å²) in [5.74, 6) is -0.459. The summed E-state index contributed by atoms with van der Waals surface area (Å²) in [4.78, 5) is 16.6. The fraction of sp³-hybridized carbons (Fsp3) is 0.435. The molecule has 2 aromatic rings. The first-order chi connectivity index (χ1) is 14.7. The number of aryl methyl sites for hydroxylation is 2. The van der Waals surface area contributed by atoms with Crippen LogP contribution < -0.4 is 0 Å². The molecule has 1 saturated heterocycles. The zero-order chi connectivity index (χ0) is 22.6. The van der Waals surface area contributed by atoms with E-state index in [4.69, 9.17) is 0 Å². The van der Waals surface area contributed by atoms with Gasteiger partial charge in [-0.1, -0.05) is 23.8 Å². The first-order valence-corrected chi connectivity index (χ1v) is 11.9. The molecule has 0 unspecified atom stereocenters. The molecule has 2 aromatic carbocycles. The van der Waals surface area contributed by atoms with E-state index in [1.165, 1.54) is 22.0 Å². The molecule has 0 saturated carbocycles. The number of hydrogen-bond acceptors (Lipinski definition) is 4. The number of sulfonamides is 1. The van der Waals surface area contributed by atoms with Crippen LogP contribution in [0.3, 0.4) is 0 Å². The molecule has 0 atom stereocenters. The smallest absolute Gasteiger partial charge is 0.243 e. The maximum absolute atomic E-state index is 13.1. The fourth-order valence-corrected chi connectivity index (χ4v) is 5.25. The van der Waals surface area contributed by atoms with E-state index in [2.05, 4.69) is 12.1 Å². The lowest BCUT2D eigenvalue weighted by molar-refractivity contribution is -0.131. The van der Waals surface area contributed by atoms with Crippen molar-refractivity contribution in [1.82, 2.24) is 14.1 Å². The molecule has 1 fully saturated rings. The van der Waals surface area contributed by atoms with Crippen LogP contribution in [0.1, 0.15) is 23.1 Å². The van der Waals surface area contributed by atoms with Crippen molar-refractivity contribution < 1.29 is 17.6 Å². The topological polar surface area (TPSA) is 60.9 Å². The summed E-state index contributed by atoms with van der Waals surface area (Å²) in [6, 6.07) is 11.1. The van der Waals surface area contributed by atoms with Crippen LogP contribution in [0, 0.1) is 19.7 Å². The van der Waals surface area contributed by atoms with E-state index >= 15 is 0 Å². The monoisotopic (exact) mass is 447 g/mol. The van der Waals surface area contributed by atoms with E-state index in [1.54, 1.807) is 11.9 Å². The van der Waals surface area contributed by atoms with Gasteiger partial charge in [0.25, 0.3) is 0 Å². The third-order valence-electron chi connectivity index (χ3n) is 5.69. The van der Waals surface area contributed by atoms with Gasteiger partial charge in [-0.25, -0.2) is 12.8 Å². The maximum Gasteiger partial charge on any atom is 0.243 e. The van der Waals surface area contributed by atoms with Crippen LogP contribution in [0.5, 0.6) is 0 Å². The van der Waals surface area contributed by atoms with Crippen LogP contribution in [0.2, 0.25) is 0 Å². The van der Waals surface area contributed by atoms with Gasteiger partial charge < -0.3 is 4.90 Å². The molecule has 0 N–H and O–H groups in total. The molecular weight excluding hydrogens is 417 g/mol. The number of nitrogens with zero attached hydrogens (tertiary/aromatic N) is 3. The van der Waals surface area contributed by atoms with Gasteiger partial charge in [-0.15, -0.1) is 0 Å². The average Bonchev–Trinajstić information content (AvgIpc) is 2.96. The number of carbonyl (C=O) groups excluding carboxylic acids is 1. The minimum Gasteiger partial charge on any atom is -0.340 e. The summed E-state index contributed by atoms with van der Waals surface area (Å²) in [7, 11) is -1.88. The minimum atomic E-state index is -3.67. The average molecular weight is 448 g/mol. The molecule has 1 aliphatic heterocycles. The molecule has 31 heavy (non-hydrogen) atoms. The first-order valence-electron chi connectivity index (χ1n) is 10.4. The van der Waals surface area contributed by atoms with Crippen molar-refractivity contribution in [3.8, 4) is 0 Å². The van der Waals surface area contributed by atoms with Gasteiger partial charge in [-0.3, -0.25) is 9.69 Å². The van der Waals surface area contributed by atoms with Crippen LogP contribution in [-0.2, 0) is 21.4 Å². The summed E-state index contributed by atoms with van der Waals surface area (Å²) < 4.78 is 40.3. The number of benzene rings is 2. The van der Waals surface area contributed by atoms with Crippen molar-refractivity contribution in [3.63, 3.8) is 0 Å². The molecule has 1 aliphatic rings. The summed E-state index contributed by atoms with van der Waals surface area (Å²) in [5.41, 5.74) is 3.48. The number of carbonyl (C=O) groups is 1. The normalized spacial score (nSPS) is 16.1. The predicted octanol–water partition coefficient (Wildman–Crippen LogP) is 2.80. The van der Waals surface area contributed by atoms with Crippen molar-refractivity contribution >= 4 is 15.9 Å². The SMILES string of the molecule is Cc1ccc(CN(C)C(=O)CN2CCCN(S(=O)(=O)c3ccc(F)cc3)CC2)c(C)c1. The van der Waals surface area contributed by atoms with Crippen molar-refractivity contribution in [3.05, 3.63) is 65.0 Å². The Bertz CT molecular complexity index is 1020. The van der Waals surface area contributed by atoms with Gasteiger partial charge >= 0.3 is 0 Å². The quantitative estimate of drug-likeness (QED) is 0.683. The van der Waals surface area contributed by atoms with E-state index in [9.17, 15) is 17.6 Å². The fourth-order valence-electron chi connectivity index (χ4n) is 3.78. The number of amides is 1. The number of hydrogen-bond donors (Lipinski definition) is 0. The molecule has 0 radical (unpaired) electrons. The first kappa shape index (κ1) is 23.4. The molecule has 6 nitrogen and oxygen atoms in total. The summed E-state index contributed by atoms with van der Waals surface area (Å²) in [6.45, 7) is 6.70. The van der Waals surface area contributed by atoms with Gasteiger partial charge in [0.1, 0.15) is 5.82 Å². The molecule has 0 aromatic heterocycles. The summed E-state index contributed by atoms with van der Waals surface area (Å²) in [6.07, 6.45) is 0.633. The summed E-state index contributed by atoms with van der Waals surface area (Å²) >= 11 is 0. The standard InChI is InChI=1S/C23H30FN3O3S/c1-18-5-6-20(19(2)15-18)16-25(3)23(28)17-26-11-4-12-27(14-13-26)31(29,30)22-9-7-21(24)8-10-22/h5-10,15H,4,11-14,16-17H2,1-3H3. The van der Waals surface area contributed by atoms with Crippen LogP contribution in [-0.4, -0.2) is 68.2 Å². The molecule has 3 rings (SSSR count). The zero-order valence-electron chi connectivity index (χ0n) is 18.3. The molecule has 8 heteroatoms. The Morgan fingerprint density at radius 2 is 1.74 bits per heavy atom. The molecule has 1 amide bonds. The predicted molar refractivity (Wildman–Crippen MR) is 119 cm³/mol. The van der Waals surface area contributed by atoms with Gasteiger partial charge in [-0.2, -0.15) is 4.31 Å². The van der Waals surface area contributed by atoms with Crippen molar-refractivity contribution in [2.24, 2.45) is 0 Å². The van der Waals surface area contributed by atoms with E-state index in [0.717, 1.165) is 23.3 Å². The Kier molecular flexibility index (Phi) is 7.46. The number of likely N-dealkylation sites (N-methyl/N-ethyl adjacent to an activating group) is 1. The van der Waals surface area contributed by atoms with E-state index in [0.29, 0.717) is 39.1 Å². The Labute approximate surface area is 184 Å². The Morgan fingerprint density at radius 3 is 2.42 bits per heavy atom. The lowest BCUT2D eigenvalue weighted by Gasteiger charge is -2.24. The second-order valence-electron chi connectivity index (χ2n) is 8.17. The lowest BCUT2D eigenvalue weighted by atomic mass is 10.1. The molecule has 0 spiro atoms. The van der Waals surface area contributed by atoms with Crippen LogP contribution >= 0.6 is 0 Å². The minimum absolute atomic E-state index is 0.00909. The van der Waals surface area contributed by atoms with Gasteiger partial charge in [0.05, 0.1) is 11.4 Å².